The van der Waals surface area contributed by atoms with E-state index in [-0.39, 0.29) is 5.91 Å². The summed E-state index contributed by atoms with van der Waals surface area (Å²) in [5.41, 5.74) is 1.60. The number of anilines is 1. The summed E-state index contributed by atoms with van der Waals surface area (Å²) in [5, 5.41) is 3.16. The molecule has 0 radical (unpaired) electrons. The van der Waals surface area contributed by atoms with Gasteiger partial charge in [-0.15, -0.1) is 0 Å². The molecule has 1 N–H and O–H groups in total. The lowest BCUT2D eigenvalue weighted by atomic mass is 10.2. The van der Waals surface area contributed by atoms with Crippen LogP contribution < -0.4 is 5.32 Å². The average Bonchev–Trinajstić information content (AvgIpc) is 2.37. The third kappa shape index (κ3) is 4.54. The van der Waals surface area contributed by atoms with E-state index in [1.165, 1.54) is 0 Å². The number of rotatable bonds is 7. The van der Waals surface area contributed by atoms with Crippen molar-refractivity contribution < 1.29 is 4.79 Å². The predicted molar refractivity (Wildman–Crippen MR) is 79.6 cm³/mol. The van der Waals surface area contributed by atoms with Crippen LogP contribution in [0.25, 0.3) is 0 Å². The maximum absolute atomic E-state index is 12.5. The highest BCUT2D eigenvalue weighted by molar-refractivity contribution is 5.95. The SMILES string of the molecule is CCCN(CCC)C(=O)c1cc(C)nc(NCC)c1. The average molecular weight is 263 g/mol. The largest absolute Gasteiger partial charge is 0.370 e. The maximum Gasteiger partial charge on any atom is 0.254 e. The van der Waals surface area contributed by atoms with E-state index in [9.17, 15) is 4.79 Å². The van der Waals surface area contributed by atoms with Crippen LogP contribution in [-0.2, 0) is 0 Å². The molecule has 0 aliphatic carbocycles. The highest BCUT2D eigenvalue weighted by Gasteiger charge is 2.15. The summed E-state index contributed by atoms with van der Waals surface area (Å²) in [7, 11) is 0. The predicted octanol–water partition coefficient (Wildman–Crippen LogP) is 3.08. The van der Waals surface area contributed by atoms with E-state index >= 15 is 0 Å². The quantitative estimate of drug-likeness (QED) is 0.822. The fraction of sp³-hybridized carbons (Fsp3) is 0.600. The molecular weight excluding hydrogens is 238 g/mol. The van der Waals surface area contributed by atoms with Gasteiger partial charge in [0.1, 0.15) is 5.82 Å². The molecule has 0 unspecified atom stereocenters. The molecule has 0 saturated carbocycles. The number of hydrogen-bond donors (Lipinski definition) is 1. The van der Waals surface area contributed by atoms with Crippen LogP contribution in [0.5, 0.6) is 0 Å². The van der Waals surface area contributed by atoms with Gasteiger partial charge in [0.15, 0.2) is 0 Å². The Kier molecular flexibility index (Phi) is 6.33. The molecule has 0 aliphatic heterocycles. The topological polar surface area (TPSA) is 45.2 Å². The van der Waals surface area contributed by atoms with E-state index in [0.29, 0.717) is 0 Å². The Balaban J connectivity index is 2.95. The highest BCUT2D eigenvalue weighted by atomic mass is 16.2. The van der Waals surface area contributed by atoms with Gasteiger partial charge in [-0.2, -0.15) is 0 Å². The first kappa shape index (κ1) is 15.5. The zero-order chi connectivity index (χ0) is 14.3. The van der Waals surface area contributed by atoms with Gasteiger partial charge in [0.2, 0.25) is 0 Å². The molecule has 4 nitrogen and oxygen atoms in total. The van der Waals surface area contributed by atoms with Crippen molar-refractivity contribution in [3.63, 3.8) is 0 Å². The zero-order valence-electron chi connectivity index (χ0n) is 12.5. The number of aromatic nitrogens is 1. The van der Waals surface area contributed by atoms with Gasteiger partial charge >= 0.3 is 0 Å². The minimum absolute atomic E-state index is 0.105. The van der Waals surface area contributed by atoms with Gasteiger partial charge in [0, 0.05) is 30.9 Å². The lowest BCUT2D eigenvalue weighted by Gasteiger charge is -2.22. The van der Waals surface area contributed by atoms with Crippen LogP contribution in [0.2, 0.25) is 0 Å². The van der Waals surface area contributed by atoms with Crippen LogP contribution in [0.1, 0.15) is 49.7 Å². The molecule has 0 spiro atoms. The van der Waals surface area contributed by atoms with Crippen molar-refractivity contribution in [1.29, 1.82) is 0 Å². The molecule has 1 amide bonds. The van der Waals surface area contributed by atoms with Gasteiger partial charge < -0.3 is 10.2 Å². The number of amides is 1. The van der Waals surface area contributed by atoms with Crippen molar-refractivity contribution in [3.8, 4) is 0 Å². The number of nitrogens with zero attached hydrogens (tertiary/aromatic N) is 2. The molecule has 1 aromatic heterocycles. The number of carbonyl (C=O) groups excluding carboxylic acids is 1. The Labute approximate surface area is 116 Å². The Morgan fingerprint density at radius 1 is 1.21 bits per heavy atom. The van der Waals surface area contributed by atoms with Gasteiger partial charge in [0.05, 0.1) is 0 Å². The highest BCUT2D eigenvalue weighted by Crippen LogP contribution is 2.13. The smallest absolute Gasteiger partial charge is 0.254 e. The summed E-state index contributed by atoms with van der Waals surface area (Å²) in [6.07, 6.45) is 1.96. The minimum atomic E-state index is 0.105. The van der Waals surface area contributed by atoms with Crippen LogP contribution in [0.3, 0.4) is 0 Å². The van der Waals surface area contributed by atoms with E-state index in [1.807, 2.05) is 30.9 Å². The standard InChI is InChI=1S/C15H25N3O/c1-5-8-18(9-6-2)15(19)13-10-12(4)17-14(11-13)16-7-3/h10-11H,5-9H2,1-4H3,(H,16,17). The van der Waals surface area contributed by atoms with Crippen LogP contribution >= 0.6 is 0 Å². The summed E-state index contributed by atoms with van der Waals surface area (Å²) in [5.74, 6) is 0.882. The summed E-state index contributed by atoms with van der Waals surface area (Å²) < 4.78 is 0. The van der Waals surface area contributed by atoms with Gasteiger partial charge in [0.25, 0.3) is 5.91 Å². The first-order valence-electron chi connectivity index (χ1n) is 7.14. The molecule has 0 atom stereocenters. The normalized spacial score (nSPS) is 10.3. The Bertz CT molecular complexity index is 412. The number of nitrogens with one attached hydrogen (secondary N) is 1. The van der Waals surface area contributed by atoms with E-state index < -0.39 is 0 Å². The Morgan fingerprint density at radius 2 is 1.84 bits per heavy atom. The van der Waals surface area contributed by atoms with Gasteiger partial charge in [-0.25, -0.2) is 4.98 Å². The van der Waals surface area contributed by atoms with E-state index in [1.54, 1.807) is 0 Å². The fourth-order valence-corrected chi connectivity index (χ4v) is 2.10. The maximum atomic E-state index is 12.5. The van der Waals surface area contributed by atoms with Crippen LogP contribution in [0.15, 0.2) is 12.1 Å². The van der Waals surface area contributed by atoms with Crippen LogP contribution in [-0.4, -0.2) is 35.4 Å². The number of hydrogen-bond acceptors (Lipinski definition) is 3. The van der Waals surface area contributed by atoms with Crippen molar-refractivity contribution >= 4 is 11.7 Å². The van der Waals surface area contributed by atoms with Gasteiger partial charge in [-0.05, 0) is 38.8 Å². The molecule has 0 aliphatic rings. The summed E-state index contributed by atoms with van der Waals surface area (Å²) >= 11 is 0. The lowest BCUT2D eigenvalue weighted by molar-refractivity contribution is 0.0755. The summed E-state index contributed by atoms with van der Waals surface area (Å²) in [4.78, 5) is 18.8. The molecule has 0 saturated heterocycles. The first-order valence-corrected chi connectivity index (χ1v) is 7.14. The molecule has 4 heteroatoms. The molecule has 1 rings (SSSR count). The third-order valence-corrected chi connectivity index (χ3v) is 2.83. The lowest BCUT2D eigenvalue weighted by Crippen LogP contribution is -2.32. The Hall–Kier alpha value is -1.58. The fourth-order valence-electron chi connectivity index (χ4n) is 2.10. The summed E-state index contributed by atoms with van der Waals surface area (Å²) in [6, 6.07) is 3.71. The van der Waals surface area contributed by atoms with Crippen molar-refractivity contribution in [2.24, 2.45) is 0 Å². The van der Waals surface area contributed by atoms with E-state index in [2.05, 4.69) is 24.1 Å². The van der Waals surface area contributed by atoms with Gasteiger partial charge in [-0.1, -0.05) is 13.8 Å². The molecular formula is C15H25N3O. The molecule has 1 heterocycles. The minimum Gasteiger partial charge on any atom is -0.370 e. The second-order valence-corrected chi connectivity index (χ2v) is 4.70. The number of aryl methyl sites for hydroxylation is 1. The molecule has 106 valence electrons. The van der Waals surface area contributed by atoms with Crippen LogP contribution in [0.4, 0.5) is 5.82 Å². The van der Waals surface area contributed by atoms with E-state index in [4.69, 9.17) is 0 Å². The monoisotopic (exact) mass is 263 g/mol. The van der Waals surface area contributed by atoms with Crippen molar-refractivity contribution in [2.75, 3.05) is 25.0 Å². The molecule has 0 bridgehead atoms. The second-order valence-electron chi connectivity index (χ2n) is 4.70. The number of pyridine rings is 1. The molecule has 0 aromatic carbocycles. The van der Waals surface area contributed by atoms with E-state index in [0.717, 1.165) is 49.6 Å². The molecule has 1 aromatic rings. The first-order chi connectivity index (χ1) is 9.12. The number of carbonyl (C=O) groups is 1. The van der Waals surface area contributed by atoms with Gasteiger partial charge in [-0.3, -0.25) is 4.79 Å². The molecule has 19 heavy (non-hydrogen) atoms. The third-order valence-electron chi connectivity index (χ3n) is 2.83. The zero-order valence-corrected chi connectivity index (χ0v) is 12.5. The summed E-state index contributed by atoms with van der Waals surface area (Å²) in [6.45, 7) is 10.6. The van der Waals surface area contributed by atoms with Crippen molar-refractivity contribution in [3.05, 3.63) is 23.4 Å². The van der Waals surface area contributed by atoms with Crippen molar-refractivity contribution in [1.82, 2.24) is 9.88 Å². The van der Waals surface area contributed by atoms with Crippen molar-refractivity contribution in [2.45, 2.75) is 40.5 Å². The molecule has 0 fully saturated rings. The second kappa shape index (κ2) is 7.77. The van der Waals surface area contributed by atoms with Crippen LogP contribution in [0, 0.1) is 6.92 Å². The Morgan fingerprint density at radius 3 is 2.37 bits per heavy atom.